The third-order valence-electron chi connectivity index (χ3n) is 5.69. The van der Waals surface area contributed by atoms with Gasteiger partial charge in [-0.05, 0) is 19.1 Å². The molecule has 5 aromatic rings. The Morgan fingerprint density at radius 2 is 1.93 bits per heavy atom. The van der Waals surface area contributed by atoms with Gasteiger partial charge >= 0.3 is 0 Å². The highest BCUT2D eigenvalue weighted by molar-refractivity contribution is 7.85. The van der Waals surface area contributed by atoms with Crippen molar-refractivity contribution in [3.8, 4) is 11.1 Å². The number of H-pyrrole nitrogens is 1. The molecule has 1 fully saturated rings. The van der Waals surface area contributed by atoms with Crippen molar-refractivity contribution < 1.29 is 4.21 Å². The van der Waals surface area contributed by atoms with Gasteiger partial charge in [0, 0.05) is 63.8 Å². The van der Waals surface area contributed by atoms with Gasteiger partial charge in [-0.3, -0.25) is 14.3 Å². The zero-order chi connectivity index (χ0) is 20.2. The number of benzene rings is 1. The van der Waals surface area contributed by atoms with Crippen molar-refractivity contribution in [1.82, 2.24) is 29.8 Å². The predicted molar refractivity (Wildman–Crippen MR) is 118 cm³/mol. The van der Waals surface area contributed by atoms with E-state index < -0.39 is 10.8 Å². The largest absolute Gasteiger partial charge is 0.354 e. The Morgan fingerprint density at radius 3 is 2.80 bits per heavy atom. The molecule has 1 saturated heterocycles. The highest BCUT2D eigenvalue weighted by Gasteiger charge is 2.24. The number of aromatic nitrogens is 6. The molecule has 0 saturated carbocycles. The van der Waals surface area contributed by atoms with Crippen molar-refractivity contribution in [3.63, 3.8) is 0 Å². The standard InChI is InChI=1S/C21H19N7OS/c1-13-18-20(27-6-8-30(29)9-7-27)24-19-16(12-23-28(19)21(18)26-25-13)15-10-14-4-2-3-5-17(14)22-11-15/h2-5,10-12H,6-9H2,1H3,(H,25,26). The summed E-state index contributed by atoms with van der Waals surface area (Å²) in [7, 11) is -0.750. The van der Waals surface area contributed by atoms with E-state index >= 15 is 0 Å². The summed E-state index contributed by atoms with van der Waals surface area (Å²) in [4.78, 5) is 11.9. The maximum absolute atomic E-state index is 11.9. The summed E-state index contributed by atoms with van der Waals surface area (Å²) in [6.45, 7) is 3.43. The number of aromatic amines is 1. The van der Waals surface area contributed by atoms with E-state index in [-0.39, 0.29) is 0 Å². The topological polar surface area (TPSA) is 92.1 Å². The number of hydrogen-bond donors (Lipinski definition) is 1. The second-order valence-electron chi connectivity index (χ2n) is 7.53. The molecule has 0 bridgehead atoms. The van der Waals surface area contributed by atoms with Crippen LogP contribution in [0.25, 0.3) is 38.7 Å². The Bertz CT molecular complexity index is 1440. The van der Waals surface area contributed by atoms with Crippen molar-refractivity contribution in [1.29, 1.82) is 0 Å². The Balaban J connectivity index is 1.58. The number of para-hydroxylation sites is 1. The van der Waals surface area contributed by atoms with Crippen LogP contribution < -0.4 is 4.90 Å². The molecular formula is C21H19N7OS. The lowest BCUT2D eigenvalue weighted by molar-refractivity contribution is 0.672. The molecule has 30 heavy (non-hydrogen) atoms. The van der Waals surface area contributed by atoms with Crippen molar-refractivity contribution >= 4 is 44.2 Å². The normalized spacial score (nSPS) is 15.6. The average molecular weight is 417 g/mol. The minimum Gasteiger partial charge on any atom is -0.354 e. The summed E-state index contributed by atoms with van der Waals surface area (Å²) in [5, 5.41) is 14.2. The number of aryl methyl sites for hydroxylation is 1. The summed E-state index contributed by atoms with van der Waals surface area (Å²) in [6, 6.07) is 10.2. The van der Waals surface area contributed by atoms with Crippen LogP contribution in [0.2, 0.25) is 0 Å². The van der Waals surface area contributed by atoms with Crippen LogP contribution in [0.1, 0.15) is 5.69 Å². The molecule has 1 aliphatic heterocycles. The second kappa shape index (κ2) is 6.60. The molecule has 1 N–H and O–H groups in total. The highest BCUT2D eigenvalue weighted by Crippen LogP contribution is 2.32. The fourth-order valence-corrected chi connectivity index (χ4v) is 5.15. The van der Waals surface area contributed by atoms with Gasteiger partial charge in [0.05, 0.1) is 17.1 Å². The molecule has 150 valence electrons. The Kier molecular flexibility index (Phi) is 3.85. The molecule has 8 nitrogen and oxygen atoms in total. The van der Waals surface area contributed by atoms with Gasteiger partial charge in [0.2, 0.25) is 0 Å². The smallest absolute Gasteiger partial charge is 0.188 e. The first-order valence-electron chi connectivity index (χ1n) is 9.86. The van der Waals surface area contributed by atoms with Crippen LogP contribution >= 0.6 is 0 Å². The summed E-state index contributed by atoms with van der Waals surface area (Å²) in [5.41, 5.74) is 5.28. The third kappa shape index (κ3) is 2.62. The van der Waals surface area contributed by atoms with E-state index in [2.05, 4.69) is 37.3 Å². The van der Waals surface area contributed by atoms with Crippen molar-refractivity contribution in [2.24, 2.45) is 0 Å². The lowest BCUT2D eigenvalue weighted by atomic mass is 10.1. The van der Waals surface area contributed by atoms with E-state index in [1.807, 2.05) is 37.5 Å². The zero-order valence-corrected chi connectivity index (χ0v) is 17.2. The molecule has 4 aromatic heterocycles. The predicted octanol–water partition coefficient (Wildman–Crippen LogP) is 2.70. The fraction of sp³-hybridized carbons (Fsp3) is 0.238. The first-order chi connectivity index (χ1) is 14.7. The Labute approximate surface area is 174 Å². The molecule has 6 rings (SSSR count). The fourth-order valence-electron chi connectivity index (χ4n) is 4.10. The zero-order valence-electron chi connectivity index (χ0n) is 16.4. The van der Waals surface area contributed by atoms with Crippen molar-refractivity contribution in [3.05, 3.63) is 48.4 Å². The van der Waals surface area contributed by atoms with Crippen LogP contribution in [0.5, 0.6) is 0 Å². The third-order valence-corrected chi connectivity index (χ3v) is 6.96. The Morgan fingerprint density at radius 1 is 1.10 bits per heavy atom. The molecular weight excluding hydrogens is 398 g/mol. The molecule has 9 heteroatoms. The van der Waals surface area contributed by atoms with Crippen LogP contribution in [-0.4, -0.2) is 58.6 Å². The van der Waals surface area contributed by atoms with Crippen LogP contribution in [0.15, 0.2) is 42.7 Å². The Hall–Kier alpha value is -3.33. The highest BCUT2D eigenvalue weighted by atomic mass is 32.2. The van der Waals surface area contributed by atoms with Gasteiger partial charge < -0.3 is 4.90 Å². The van der Waals surface area contributed by atoms with E-state index in [0.717, 1.165) is 63.3 Å². The maximum Gasteiger partial charge on any atom is 0.188 e. The molecule has 0 amide bonds. The molecule has 0 radical (unpaired) electrons. The lowest BCUT2D eigenvalue weighted by Gasteiger charge is -2.28. The van der Waals surface area contributed by atoms with Gasteiger partial charge in [0.15, 0.2) is 11.3 Å². The number of nitrogens with zero attached hydrogens (tertiary/aromatic N) is 6. The molecule has 0 atom stereocenters. The first-order valence-corrected chi connectivity index (χ1v) is 11.4. The maximum atomic E-state index is 11.9. The van der Waals surface area contributed by atoms with E-state index in [0.29, 0.717) is 11.5 Å². The average Bonchev–Trinajstić information content (AvgIpc) is 3.37. The number of hydrogen-bond acceptors (Lipinski definition) is 6. The van der Waals surface area contributed by atoms with Gasteiger partial charge in [-0.25, -0.2) is 4.98 Å². The quantitative estimate of drug-likeness (QED) is 0.475. The molecule has 5 heterocycles. The molecule has 0 spiro atoms. The van der Waals surface area contributed by atoms with Crippen LogP contribution in [0, 0.1) is 6.92 Å². The van der Waals surface area contributed by atoms with Crippen LogP contribution in [0.3, 0.4) is 0 Å². The SMILES string of the molecule is Cc1[nH]nc2c1c(N1CCS(=O)CC1)nc1c(-c3cnc4ccccc4c3)cnn12. The summed E-state index contributed by atoms with van der Waals surface area (Å²) in [6.07, 6.45) is 3.69. The van der Waals surface area contributed by atoms with Gasteiger partial charge in [-0.1, -0.05) is 18.2 Å². The number of pyridine rings is 1. The van der Waals surface area contributed by atoms with E-state index in [1.165, 1.54) is 0 Å². The van der Waals surface area contributed by atoms with Gasteiger partial charge in [0.25, 0.3) is 0 Å². The summed E-state index contributed by atoms with van der Waals surface area (Å²) >= 11 is 0. The summed E-state index contributed by atoms with van der Waals surface area (Å²) in [5.74, 6) is 2.19. The lowest BCUT2D eigenvalue weighted by Crippen LogP contribution is -2.38. The van der Waals surface area contributed by atoms with Crippen LogP contribution in [0.4, 0.5) is 5.82 Å². The van der Waals surface area contributed by atoms with Gasteiger partial charge in [-0.2, -0.15) is 14.7 Å². The van der Waals surface area contributed by atoms with Crippen molar-refractivity contribution in [2.75, 3.05) is 29.5 Å². The summed E-state index contributed by atoms with van der Waals surface area (Å²) < 4.78 is 13.6. The van der Waals surface area contributed by atoms with E-state index in [1.54, 1.807) is 4.52 Å². The van der Waals surface area contributed by atoms with Gasteiger partial charge in [0.1, 0.15) is 5.82 Å². The number of fused-ring (bicyclic) bond motifs is 4. The molecule has 1 aliphatic rings. The molecule has 0 unspecified atom stereocenters. The van der Waals surface area contributed by atoms with E-state index in [4.69, 9.17) is 4.98 Å². The molecule has 0 aliphatic carbocycles. The van der Waals surface area contributed by atoms with Gasteiger partial charge in [-0.15, -0.1) is 0 Å². The minimum atomic E-state index is -0.750. The number of anilines is 1. The molecule has 1 aromatic carbocycles. The van der Waals surface area contributed by atoms with E-state index in [9.17, 15) is 4.21 Å². The second-order valence-corrected chi connectivity index (χ2v) is 9.22. The number of nitrogens with one attached hydrogen (secondary N) is 1. The first kappa shape index (κ1) is 17.5. The minimum absolute atomic E-state index is 0.659. The number of rotatable bonds is 2. The van der Waals surface area contributed by atoms with Crippen molar-refractivity contribution in [2.45, 2.75) is 6.92 Å². The van der Waals surface area contributed by atoms with Crippen LogP contribution in [-0.2, 0) is 10.8 Å². The monoisotopic (exact) mass is 417 g/mol.